The maximum absolute atomic E-state index is 12.1. The van der Waals surface area contributed by atoms with Crippen LogP contribution in [0, 0.1) is 0 Å². The van der Waals surface area contributed by atoms with Crippen LogP contribution >= 0.6 is 11.6 Å². The van der Waals surface area contributed by atoms with Crippen LogP contribution in [0.1, 0.15) is 31.1 Å². The standard InChI is InChI=1S/C12H16ClNO/c1-4-14-12(2,3)11(15)9-5-7-10(13)8-6-9/h5-8,14H,4H2,1-3H3. The molecule has 0 atom stereocenters. The summed E-state index contributed by atoms with van der Waals surface area (Å²) in [5.74, 6) is 0.0843. The minimum Gasteiger partial charge on any atom is -0.305 e. The van der Waals surface area contributed by atoms with Crippen molar-refractivity contribution in [3.05, 3.63) is 34.9 Å². The van der Waals surface area contributed by atoms with Gasteiger partial charge in [0.15, 0.2) is 5.78 Å². The van der Waals surface area contributed by atoms with Gasteiger partial charge in [-0.05, 0) is 44.7 Å². The second kappa shape index (κ2) is 4.77. The number of hydrogen-bond acceptors (Lipinski definition) is 2. The zero-order chi connectivity index (χ0) is 11.5. The van der Waals surface area contributed by atoms with Gasteiger partial charge < -0.3 is 5.32 Å². The van der Waals surface area contributed by atoms with Crippen molar-refractivity contribution in [1.82, 2.24) is 5.32 Å². The van der Waals surface area contributed by atoms with Gasteiger partial charge in [0.05, 0.1) is 5.54 Å². The summed E-state index contributed by atoms with van der Waals surface area (Å²) in [6, 6.07) is 6.97. The van der Waals surface area contributed by atoms with Crippen LogP contribution in [-0.4, -0.2) is 17.9 Å². The van der Waals surface area contributed by atoms with Crippen molar-refractivity contribution >= 4 is 17.4 Å². The maximum atomic E-state index is 12.1. The number of Topliss-reactive ketones (excluding diaryl/α,β-unsaturated/α-hetero) is 1. The van der Waals surface area contributed by atoms with Gasteiger partial charge in [0, 0.05) is 10.6 Å². The first kappa shape index (κ1) is 12.2. The van der Waals surface area contributed by atoms with Crippen molar-refractivity contribution in [3.63, 3.8) is 0 Å². The molecular formula is C12H16ClNO. The van der Waals surface area contributed by atoms with E-state index in [1.165, 1.54) is 0 Å². The van der Waals surface area contributed by atoms with Crippen molar-refractivity contribution in [2.75, 3.05) is 6.54 Å². The summed E-state index contributed by atoms with van der Waals surface area (Å²) < 4.78 is 0. The number of halogens is 1. The van der Waals surface area contributed by atoms with E-state index in [1.807, 2.05) is 20.8 Å². The summed E-state index contributed by atoms with van der Waals surface area (Å²) in [6.07, 6.45) is 0. The lowest BCUT2D eigenvalue weighted by atomic mass is 9.93. The molecule has 0 aromatic heterocycles. The summed E-state index contributed by atoms with van der Waals surface area (Å²) in [5, 5.41) is 3.80. The number of ketones is 1. The Balaban J connectivity index is 2.89. The van der Waals surface area contributed by atoms with Crippen LogP contribution in [0.2, 0.25) is 5.02 Å². The van der Waals surface area contributed by atoms with E-state index in [0.29, 0.717) is 10.6 Å². The summed E-state index contributed by atoms with van der Waals surface area (Å²) in [7, 11) is 0. The molecule has 0 bridgehead atoms. The first-order valence-corrected chi connectivity index (χ1v) is 5.40. The van der Waals surface area contributed by atoms with E-state index in [4.69, 9.17) is 11.6 Å². The Morgan fingerprint density at radius 3 is 2.33 bits per heavy atom. The molecule has 0 unspecified atom stereocenters. The minimum absolute atomic E-state index is 0.0843. The lowest BCUT2D eigenvalue weighted by Crippen LogP contribution is -2.46. The zero-order valence-corrected chi connectivity index (χ0v) is 10.1. The fraction of sp³-hybridized carbons (Fsp3) is 0.417. The smallest absolute Gasteiger partial charge is 0.182 e. The Morgan fingerprint density at radius 2 is 1.87 bits per heavy atom. The molecule has 82 valence electrons. The number of carbonyl (C=O) groups excluding carboxylic acids is 1. The molecule has 0 aliphatic rings. The minimum atomic E-state index is -0.525. The molecule has 1 N–H and O–H groups in total. The summed E-state index contributed by atoms with van der Waals surface area (Å²) in [5.41, 5.74) is 0.160. The Morgan fingerprint density at radius 1 is 1.33 bits per heavy atom. The summed E-state index contributed by atoms with van der Waals surface area (Å²) >= 11 is 5.76. The molecule has 0 saturated carbocycles. The first-order chi connectivity index (χ1) is 6.97. The molecule has 0 aliphatic carbocycles. The molecule has 2 nitrogen and oxygen atoms in total. The monoisotopic (exact) mass is 225 g/mol. The number of benzene rings is 1. The molecule has 0 heterocycles. The normalized spacial score (nSPS) is 11.5. The Labute approximate surface area is 95.6 Å². The third-order valence-corrected chi connectivity index (χ3v) is 2.54. The molecule has 0 aliphatic heterocycles. The van der Waals surface area contributed by atoms with Crippen molar-refractivity contribution in [2.24, 2.45) is 0 Å². The van der Waals surface area contributed by atoms with E-state index in [1.54, 1.807) is 24.3 Å². The van der Waals surface area contributed by atoms with Crippen molar-refractivity contribution in [3.8, 4) is 0 Å². The van der Waals surface area contributed by atoms with Gasteiger partial charge in [0.25, 0.3) is 0 Å². The second-order valence-corrected chi connectivity index (χ2v) is 4.43. The van der Waals surface area contributed by atoms with Gasteiger partial charge in [0.1, 0.15) is 0 Å². The Hall–Kier alpha value is -0.860. The predicted octanol–water partition coefficient (Wildman–Crippen LogP) is 2.91. The SMILES string of the molecule is CCNC(C)(C)C(=O)c1ccc(Cl)cc1. The predicted molar refractivity (Wildman–Crippen MR) is 63.5 cm³/mol. The molecule has 0 spiro atoms. The van der Waals surface area contributed by atoms with Gasteiger partial charge in [-0.25, -0.2) is 0 Å². The van der Waals surface area contributed by atoms with Gasteiger partial charge in [0.2, 0.25) is 0 Å². The fourth-order valence-electron chi connectivity index (χ4n) is 1.48. The number of nitrogens with one attached hydrogen (secondary N) is 1. The van der Waals surface area contributed by atoms with Gasteiger partial charge in [-0.3, -0.25) is 4.79 Å². The van der Waals surface area contributed by atoms with Crippen LogP contribution in [0.25, 0.3) is 0 Å². The van der Waals surface area contributed by atoms with E-state index in [0.717, 1.165) is 6.54 Å². The molecular weight excluding hydrogens is 210 g/mol. The molecule has 1 aromatic rings. The molecule has 15 heavy (non-hydrogen) atoms. The number of likely N-dealkylation sites (N-methyl/N-ethyl adjacent to an activating group) is 1. The molecule has 0 saturated heterocycles. The fourth-order valence-corrected chi connectivity index (χ4v) is 1.61. The molecule has 0 amide bonds. The van der Waals surface area contributed by atoms with Crippen molar-refractivity contribution in [1.29, 1.82) is 0 Å². The first-order valence-electron chi connectivity index (χ1n) is 5.03. The van der Waals surface area contributed by atoms with Crippen molar-refractivity contribution < 1.29 is 4.79 Å². The van der Waals surface area contributed by atoms with E-state index in [2.05, 4.69) is 5.32 Å². The van der Waals surface area contributed by atoms with E-state index >= 15 is 0 Å². The van der Waals surface area contributed by atoms with E-state index in [9.17, 15) is 4.79 Å². The van der Waals surface area contributed by atoms with Gasteiger partial charge >= 0.3 is 0 Å². The zero-order valence-electron chi connectivity index (χ0n) is 9.30. The third-order valence-electron chi connectivity index (χ3n) is 2.29. The van der Waals surface area contributed by atoms with Crippen LogP contribution < -0.4 is 5.32 Å². The van der Waals surface area contributed by atoms with Crippen LogP contribution in [0.15, 0.2) is 24.3 Å². The quantitative estimate of drug-likeness (QED) is 0.799. The van der Waals surface area contributed by atoms with Gasteiger partial charge in [-0.2, -0.15) is 0 Å². The van der Waals surface area contributed by atoms with Crippen LogP contribution in [-0.2, 0) is 0 Å². The lowest BCUT2D eigenvalue weighted by Gasteiger charge is -2.24. The topological polar surface area (TPSA) is 29.1 Å². The van der Waals surface area contributed by atoms with Crippen LogP contribution in [0.4, 0.5) is 0 Å². The highest BCUT2D eigenvalue weighted by Gasteiger charge is 2.26. The highest BCUT2D eigenvalue weighted by atomic mass is 35.5. The number of carbonyl (C=O) groups is 1. The molecule has 1 aromatic carbocycles. The highest BCUT2D eigenvalue weighted by molar-refractivity contribution is 6.30. The average Bonchev–Trinajstić information content (AvgIpc) is 2.18. The molecule has 0 radical (unpaired) electrons. The van der Waals surface area contributed by atoms with Crippen LogP contribution in [0.3, 0.4) is 0 Å². The number of hydrogen-bond donors (Lipinski definition) is 1. The Kier molecular flexibility index (Phi) is 3.89. The van der Waals surface area contributed by atoms with Gasteiger partial charge in [-0.1, -0.05) is 18.5 Å². The maximum Gasteiger partial charge on any atom is 0.182 e. The third kappa shape index (κ3) is 3.05. The van der Waals surface area contributed by atoms with E-state index in [-0.39, 0.29) is 5.78 Å². The number of rotatable bonds is 4. The second-order valence-electron chi connectivity index (χ2n) is 3.99. The average molecular weight is 226 g/mol. The Bertz CT molecular complexity index is 343. The van der Waals surface area contributed by atoms with E-state index < -0.39 is 5.54 Å². The molecule has 0 fully saturated rings. The van der Waals surface area contributed by atoms with Crippen LogP contribution in [0.5, 0.6) is 0 Å². The lowest BCUT2D eigenvalue weighted by molar-refractivity contribution is 0.0884. The largest absolute Gasteiger partial charge is 0.305 e. The summed E-state index contributed by atoms with van der Waals surface area (Å²) in [6.45, 7) is 6.52. The van der Waals surface area contributed by atoms with Crippen molar-refractivity contribution in [2.45, 2.75) is 26.3 Å². The summed E-state index contributed by atoms with van der Waals surface area (Å²) in [4.78, 5) is 12.1. The van der Waals surface area contributed by atoms with Gasteiger partial charge in [-0.15, -0.1) is 0 Å². The highest BCUT2D eigenvalue weighted by Crippen LogP contribution is 2.15. The molecule has 1 rings (SSSR count). The molecule has 3 heteroatoms.